The van der Waals surface area contributed by atoms with Crippen LogP contribution in [0.1, 0.15) is 82.8 Å². The molecular weight excluding hydrogens is 400 g/mol. The van der Waals surface area contributed by atoms with E-state index in [0.717, 1.165) is 36.3 Å². The number of hydrogen-bond acceptors (Lipinski definition) is 3. The molecule has 2 amide bonds. The minimum Gasteiger partial charge on any atom is -0.356 e. The van der Waals surface area contributed by atoms with Crippen molar-refractivity contribution in [2.75, 3.05) is 6.54 Å². The highest BCUT2D eigenvalue weighted by Crippen LogP contribution is 2.58. The van der Waals surface area contributed by atoms with Crippen molar-refractivity contribution in [3.8, 4) is 0 Å². The molecule has 6 nitrogen and oxygen atoms in total. The van der Waals surface area contributed by atoms with Crippen LogP contribution in [0.15, 0.2) is 12.3 Å². The average Bonchev–Trinajstić information content (AvgIpc) is 3.20. The van der Waals surface area contributed by atoms with Crippen LogP contribution < -0.4 is 10.6 Å². The molecular formula is C26H40N4O2. The summed E-state index contributed by atoms with van der Waals surface area (Å²) in [4.78, 5) is 25.7. The van der Waals surface area contributed by atoms with E-state index in [2.05, 4.69) is 29.6 Å². The first kappa shape index (κ1) is 23.1. The molecule has 1 aromatic rings. The van der Waals surface area contributed by atoms with Gasteiger partial charge in [0.15, 0.2) is 0 Å². The molecule has 3 fully saturated rings. The van der Waals surface area contributed by atoms with Gasteiger partial charge < -0.3 is 10.6 Å². The summed E-state index contributed by atoms with van der Waals surface area (Å²) in [6, 6.07) is 0.302. The smallest absolute Gasteiger partial charge is 0.254 e. The minimum absolute atomic E-state index is 0.00881. The predicted octanol–water partition coefficient (Wildman–Crippen LogP) is 4.27. The Morgan fingerprint density at radius 1 is 1.22 bits per heavy atom. The number of hydrogen-bond donors (Lipinski definition) is 2. The summed E-state index contributed by atoms with van der Waals surface area (Å²) in [6.45, 7) is 10.6. The molecule has 3 saturated carbocycles. The molecule has 176 valence electrons. The van der Waals surface area contributed by atoms with E-state index in [1.165, 1.54) is 25.7 Å². The third-order valence-electron chi connectivity index (χ3n) is 7.99. The molecule has 4 unspecified atom stereocenters. The van der Waals surface area contributed by atoms with E-state index in [9.17, 15) is 9.59 Å². The number of nitrogens with zero attached hydrogens (tertiary/aromatic N) is 2. The van der Waals surface area contributed by atoms with Crippen molar-refractivity contribution in [3.05, 3.63) is 23.5 Å². The first-order chi connectivity index (χ1) is 15.2. The van der Waals surface area contributed by atoms with Gasteiger partial charge in [-0.1, -0.05) is 19.9 Å². The van der Waals surface area contributed by atoms with Crippen LogP contribution in [0, 0.1) is 35.0 Å². The van der Waals surface area contributed by atoms with Gasteiger partial charge in [0.2, 0.25) is 5.91 Å². The fourth-order valence-corrected chi connectivity index (χ4v) is 6.17. The summed E-state index contributed by atoms with van der Waals surface area (Å²) in [5.74, 6) is 3.69. The Balaban J connectivity index is 1.51. The summed E-state index contributed by atoms with van der Waals surface area (Å²) >= 11 is 0. The average molecular weight is 441 g/mol. The first-order valence-electron chi connectivity index (χ1n) is 12.5. The molecule has 4 rings (SSSR count). The quantitative estimate of drug-likeness (QED) is 0.634. The molecule has 1 aromatic heterocycles. The van der Waals surface area contributed by atoms with E-state index in [1.54, 1.807) is 10.9 Å². The second-order valence-electron chi connectivity index (χ2n) is 11.3. The Morgan fingerprint density at radius 2 is 2.00 bits per heavy atom. The highest BCUT2D eigenvalue weighted by atomic mass is 16.2. The van der Waals surface area contributed by atoms with Crippen LogP contribution in [-0.4, -0.2) is 34.2 Å². The Bertz CT molecular complexity index is 884. The van der Waals surface area contributed by atoms with Gasteiger partial charge in [0.25, 0.3) is 5.91 Å². The molecule has 5 atom stereocenters. The number of amides is 2. The molecule has 3 aliphatic rings. The molecule has 32 heavy (non-hydrogen) atoms. The zero-order chi connectivity index (χ0) is 23.0. The topological polar surface area (TPSA) is 76.0 Å². The van der Waals surface area contributed by atoms with Crippen molar-refractivity contribution >= 4 is 18.0 Å². The van der Waals surface area contributed by atoms with Crippen molar-refractivity contribution in [2.24, 2.45) is 35.0 Å². The zero-order valence-corrected chi connectivity index (χ0v) is 20.4. The van der Waals surface area contributed by atoms with Crippen molar-refractivity contribution in [2.45, 2.75) is 79.2 Å². The van der Waals surface area contributed by atoms with Gasteiger partial charge in [-0.3, -0.25) is 9.59 Å². The molecule has 6 heteroatoms. The second kappa shape index (κ2) is 9.03. The van der Waals surface area contributed by atoms with Gasteiger partial charge >= 0.3 is 0 Å². The van der Waals surface area contributed by atoms with Crippen LogP contribution in [0.4, 0.5) is 0 Å². The lowest BCUT2D eigenvalue weighted by molar-refractivity contribution is -0.126. The molecule has 2 N–H and O–H groups in total. The van der Waals surface area contributed by atoms with Crippen LogP contribution in [-0.2, 0) is 11.2 Å². The SMILES string of the molecule is CCNC(=O)C(C)(C)/C=C/n1ncc(C(=O)N[C@@H]2CCC3CC4CC2C4C3)c1CC(C)C. The predicted molar refractivity (Wildman–Crippen MR) is 127 cm³/mol. The van der Waals surface area contributed by atoms with Gasteiger partial charge in [-0.05, 0) is 88.9 Å². The molecule has 0 spiro atoms. The van der Waals surface area contributed by atoms with Gasteiger partial charge in [0, 0.05) is 18.8 Å². The zero-order valence-electron chi connectivity index (χ0n) is 20.4. The van der Waals surface area contributed by atoms with Crippen LogP contribution in [0.25, 0.3) is 6.20 Å². The van der Waals surface area contributed by atoms with Gasteiger partial charge in [-0.15, -0.1) is 0 Å². The monoisotopic (exact) mass is 440 g/mol. The van der Waals surface area contributed by atoms with Gasteiger partial charge in [-0.25, -0.2) is 4.68 Å². The third kappa shape index (κ3) is 4.51. The highest BCUT2D eigenvalue weighted by Gasteiger charge is 2.52. The number of aromatic nitrogens is 2. The van der Waals surface area contributed by atoms with Crippen LogP contribution in [0.5, 0.6) is 0 Å². The number of nitrogens with one attached hydrogen (secondary N) is 2. The summed E-state index contributed by atoms with van der Waals surface area (Å²) < 4.78 is 1.78. The van der Waals surface area contributed by atoms with Crippen molar-refractivity contribution in [1.82, 2.24) is 20.4 Å². The molecule has 2 bridgehead atoms. The maximum absolute atomic E-state index is 13.4. The van der Waals surface area contributed by atoms with E-state index < -0.39 is 5.41 Å². The van der Waals surface area contributed by atoms with Crippen LogP contribution in [0.2, 0.25) is 0 Å². The summed E-state index contributed by atoms with van der Waals surface area (Å²) in [6.07, 6.45) is 12.6. The fraction of sp³-hybridized carbons (Fsp3) is 0.731. The second-order valence-corrected chi connectivity index (χ2v) is 11.3. The Hall–Kier alpha value is -2.11. The lowest BCUT2D eigenvalue weighted by Crippen LogP contribution is -2.49. The van der Waals surface area contributed by atoms with E-state index in [1.807, 2.05) is 33.0 Å². The maximum Gasteiger partial charge on any atom is 0.254 e. The van der Waals surface area contributed by atoms with Crippen molar-refractivity contribution in [3.63, 3.8) is 0 Å². The normalized spacial score (nSPS) is 29.1. The van der Waals surface area contributed by atoms with Gasteiger partial charge in [0.1, 0.15) is 0 Å². The highest BCUT2D eigenvalue weighted by molar-refractivity contribution is 5.95. The van der Waals surface area contributed by atoms with Crippen molar-refractivity contribution in [1.29, 1.82) is 0 Å². The summed E-state index contributed by atoms with van der Waals surface area (Å²) in [5.41, 5.74) is 0.937. The fourth-order valence-electron chi connectivity index (χ4n) is 6.17. The molecule has 1 heterocycles. The number of carbonyl (C=O) groups excluding carboxylic acids is 2. The van der Waals surface area contributed by atoms with E-state index in [-0.39, 0.29) is 11.8 Å². The van der Waals surface area contributed by atoms with Gasteiger partial charge in [-0.2, -0.15) is 5.10 Å². The van der Waals surface area contributed by atoms with E-state index >= 15 is 0 Å². The Kier molecular flexibility index (Phi) is 6.51. The minimum atomic E-state index is -0.653. The number of fused-ring (bicyclic) bond motifs is 1. The number of carbonyl (C=O) groups is 2. The third-order valence-corrected chi connectivity index (χ3v) is 7.99. The summed E-state index contributed by atoms with van der Waals surface area (Å²) in [7, 11) is 0. The van der Waals surface area contributed by atoms with Crippen molar-refractivity contribution < 1.29 is 9.59 Å². The Labute approximate surface area is 192 Å². The number of rotatable bonds is 8. The lowest BCUT2D eigenvalue weighted by Gasteiger charge is -2.45. The summed E-state index contributed by atoms with van der Waals surface area (Å²) in [5, 5.41) is 10.8. The Morgan fingerprint density at radius 3 is 2.72 bits per heavy atom. The molecule has 3 aliphatic carbocycles. The molecule has 0 aromatic carbocycles. The van der Waals surface area contributed by atoms with Crippen LogP contribution in [0.3, 0.4) is 0 Å². The molecule has 0 aliphatic heterocycles. The maximum atomic E-state index is 13.4. The van der Waals surface area contributed by atoms with Crippen LogP contribution >= 0.6 is 0 Å². The first-order valence-corrected chi connectivity index (χ1v) is 12.5. The van der Waals surface area contributed by atoms with Gasteiger partial charge in [0.05, 0.1) is 22.9 Å². The lowest BCUT2D eigenvalue weighted by atomic mass is 9.63. The standard InChI is InChI=1S/C26H40N4O2/c1-6-27-25(32)26(4,5)9-10-30-23(11-16(2)3)21(15-28-30)24(31)29-22-8-7-17-12-18-14-20(22)19(18)13-17/h9-10,15-20,22H,6-8,11-14H2,1-5H3,(H,27,32)(H,29,31)/b10-9+/t17?,18?,19?,20?,22-/m1/s1. The molecule has 0 saturated heterocycles. The van der Waals surface area contributed by atoms with E-state index in [0.29, 0.717) is 30.0 Å². The molecule has 0 radical (unpaired) electrons. The van der Waals surface area contributed by atoms with E-state index in [4.69, 9.17) is 0 Å². The largest absolute Gasteiger partial charge is 0.356 e.